The molecule has 90 valence electrons. The summed E-state index contributed by atoms with van der Waals surface area (Å²) in [5, 5.41) is 17.5. The number of rotatable bonds is 6. The molecule has 1 aromatic rings. The number of hydrogen-bond acceptors (Lipinski definition) is 5. The summed E-state index contributed by atoms with van der Waals surface area (Å²) in [4.78, 5) is 13.5. The summed E-state index contributed by atoms with van der Waals surface area (Å²) in [6.07, 6.45) is 0. The number of nitrogens with zero attached hydrogens (tertiary/aromatic N) is 4. The van der Waals surface area contributed by atoms with E-state index < -0.39 is 4.92 Å². The second-order valence-corrected chi connectivity index (χ2v) is 4.24. The molecule has 0 aromatic carbocycles. The van der Waals surface area contributed by atoms with Crippen molar-refractivity contribution >= 4 is 21.9 Å². The molecule has 1 atom stereocenters. The van der Waals surface area contributed by atoms with Crippen molar-refractivity contribution in [2.45, 2.75) is 20.4 Å². The van der Waals surface area contributed by atoms with Gasteiger partial charge in [0.05, 0.1) is 6.54 Å². The molecule has 8 heteroatoms. The van der Waals surface area contributed by atoms with Gasteiger partial charge in [-0.15, -0.1) is 0 Å². The Morgan fingerprint density at radius 2 is 2.38 bits per heavy atom. The third kappa shape index (κ3) is 3.53. The Balaban J connectivity index is 2.62. The van der Waals surface area contributed by atoms with E-state index in [0.717, 1.165) is 13.1 Å². The van der Waals surface area contributed by atoms with Gasteiger partial charge in [-0.25, -0.2) is 0 Å². The van der Waals surface area contributed by atoms with E-state index in [4.69, 9.17) is 0 Å². The molecule has 0 saturated heterocycles. The Morgan fingerprint density at radius 3 is 2.88 bits per heavy atom. The van der Waals surface area contributed by atoms with Crippen molar-refractivity contribution in [3.63, 3.8) is 0 Å². The highest BCUT2D eigenvalue weighted by Crippen LogP contribution is 2.13. The minimum absolute atomic E-state index is 0.331. The van der Waals surface area contributed by atoms with Crippen molar-refractivity contribution in [2.24, 2.45) is 5.92 Å². The van der Waals surface area contributed by atoms with Gasteiger partial charge >= 0.3 is 5.95 Å². The van der Waals surface area contributed by atoms with Crippen LogP contribution in [-0.2, 0) is 6.54 Å². The number of halogens is 1. The number of hydrogen-bond donors (Lipinski definition) is 1. The molecule has 0 saturated carbocycles. The molecule has 0 aliphatic rings. The van der Waals surface area contributed by atoms with Crippen LogP contribution in [0.3, 0.4) is 0 Å². The Hall–Kier alpha value is -1.02. The highest BCUT2D eigenvalue weighted by Gasteiger charge is 2.20. The SMILES string of the molecule is CCNCC(C)Cn1nc([N+](=O)[O-])nc1Br. The summed E-state index contributed by atoms with van der Waals surface area (Å²) in [6, 6.07) is 0. The van der Waals surface area contributed by atoms with E-state index in [1.165, 1.54) is 4.68 Å². The van der Waals surface area contributed by atoms with Crippen molar-refractivity contribution in [2.75, 3.05) is 13.1 Å². The highest BCUT2D eigenvalue weighted by molar-refractivity contribution is 9.10. The minimum atomic E-state index is -0.601. The highest BCUT2D eigenvalue weighted by atomic mass is 79.9. The first-order valence-electron chi connectivity index (χ1n) is 5.00. The molecule has 1 unspecified atom stereocenters. The maximum atomic E-state index is 10.5. The molecule has 0 aliphatic heterocycles. The molecule has 0 aliphatic carbocycles. The van der Waals surface area contributed by atoms with Crippen LogP contribution in [0.15, 0.2) is 4.73 Å². The first-order valence-corrected chi connectivity index (χ1v) is 5.79. The van der Waals surface area contributed by atoms with Crippen molar-refractivity contribution in [3.05, 3.63) is 14.8 Å². The summed E-state index contributed by atoms with van der Waals surface area (Å²) >= 11 is 3.15. The standard InChI is InChI=1S/C8H14BrN5O2/c1-3-10-4-6(2)5-13-7(9)11-8(12-13)14(15)16/h6,10H,3-5H2,1-2H3. The van der Waals surface area contributed by atoms with Gasteiger partial charge in [-0.1, -0.05) is 13.8 Å². The molecule has 1 aromatic heterocycles. The molecule has 0 radical (unpaired) electrons. The van der Waals surface area contributed by atoms with Gasteiger partial charge < -0.3 is 15.4 Å². The second-order valence-electron chi connectivity index (χ2n) is 3.53. The molecule has 1 heterocycles. The smallest absolute Gasteiger partial charge is 0.390 e. The van der Waals surface area contributed by atoms with E-state index in [-0.39, 0.29) is 5.95 Å². The zero-order valence-corrected chi connectivity index (χ0v) is 10.8. The van der Waals surface area contributed by atoms with Gasteiger partial charge in [-0.3, -0.25) is 0 Å². The number of nitro groups is 1. The first-order chi connectivity index (χ1) is 7.54. The molecular formula is C8H14BrN5O2. The first kappa shape index (κ1) is 13.0. The third-order valence-corrected chi connectivity index (χ3v) is 2.59. The Kier molecular flexibility index (Phi) is 4.81. The van der Waals surface area contributed by atoms with E-state index in [1.807, 2.05) is 13.8 Å². The number of aromatic nitrogens is 3. The van der Waals surface area contributed by atoms with Gasteiger partial charge in [0.1, 0.15) is 0 Å². The molecule has 0 amide bonds. The van der Waals surface area contributed by atoms with Crippen molar-refractivity contribution in [3.8, 4) is 0 Å². The van der Waals surface area contributed by atoms with Crippen molar-refractivity contribution in [1.29, 1.82) is 0 Å². The quantitative estimate of drug-likeness (QED) is 0.629. The fourth-order valence-corrected chi connectivity index (χ4v) is 1.64. The van der Waals surface area contributed by atoms with Gasteiger partial charge in [-0.2, -0.15) is 4.68 Å². The van der Waals surface area contributed by atoms with Crippen LogP contribution < -0.4 is 5.32 Å². The van der Waals surface area contributed by atoms with Gasteiger partial charge in [-0.05, 0) is 28.9 Å². The predicted octanol–water partition coefficient (Wildman–Crippen LogP) is 1.19. The lowest BCUT2D eigenvalue weighted by atomic mass is 10.2. The van der Waals surface area contributed by atoms with Gasteiger partial charge in [0.25, 0.3) is 4.73 Å². The molecule has 1 rings (SSSR count). The van der Waals surface area contributed by atoms with Gasteiger partial charge in [0.2, 0.25) is 0 Å². The Bertz CT molecular complexity index is 367. The zero-order chi connectivity index (χ0) is 12.1. The van der Waals surface area contributed by atoms with Crippen molar-refractivity contribution in [1.82, 2.24) is 20.1 Å². The number of nitrogens with one attached hydrogen (secondary N) is 1. The average Bonchev–Trinajstić information content (AvgIpc) is 2.57. The Morgan fingerprint density at radius 1 is 1.69 bits per heavy atom. The van der Waals surface area contributed by atoms with Crippen molar-refractivity contribution < 1.29 is 4.92 Å². The molecular weight excluding hydrogens is 278 g/mol. The van der Waals surface area contributed by atoms with Crippen LogP contribution in [0.1, 0.15) is 13.8 Å². The summed E-state index contributed by atoms with van der Waals surface area (Å²) in [5.41, 5.74) is 0. The van der Waals surface area contributed by atoms with Crippen LogP contribution in [-0.4, -0.2) is 32.8 Å². The zero-order valence-electron chi connectivity index (χ0n) is 9.18. The average molecular weight is 292 g/mol. The topological polar surface area (TPSA) is 85.9 Å². The maximum Gasteiger partial charge on any atom is 0.492 e. The summed E-state index contributed by atoms with van der Waals surface area (Å²) in [5.74, 6) is -0.0416. The minimum Gasteiger partial charge on any atom is -0.390 e. The maximum absolute atomic E-state index is 10.5. The molecule has 1 N–H and O–H groups in total. The fourth-order valence-electron chi connectivity index (χ4n) is 1.26. The van der Waals surface area contributed by atoms with E-state index in [0.29, 0.717) is 17.2 Å². The normalized spacial score (nSPS) is 12.7. The van der Waals surface area contributed by atoms with Crippen LogP contribution in [0.4, 0.5) is 5.95 Å². The van der Waals surface area contributed by atoms with Crippen LogP contribution in [0.2, 0.25) is 0 Å². The van der Waals surface area contributed by atoms with Crippen LogP contribution in [0.5, 0.6) is 0 Å². The Labute approximate surface area is 102 Å². The van der Waals surface area contributed by atoms with Crippen LogP contribution >= 0.6 is 15.9 Å². The molecule has 0 spiro atoms. The van der Waals surface area contributed by atoms with Crippen LogP contribution in [0, 0.1) is 16.0 Å². The fraction of sp³-hybridized carbons (Fsp3) is 0.750. The van der Waals surface area contributed by atoms with Gasteiger partial charge in [0.15, 0.2) is 0 Å². The van der Waals surface area contributed by atoms with E-state index in [1.54, 1.807) is 0 Å². The van der Waals surface area contributed by atoms with E-state index in [9.17, 15) is 10.1 Å². The van der Waals surface area contributed by atoms with Gasteiger partial charge in [0, 0.05) is 21.0 Å². The lowest BCUT2D eigenvalue weighted by Gasteiger charge is -2.09. The lowest BCUT2D eigenvalue weighted by molar-refractivity contribution is -0.394. The molecule has 7 nitrogen and oxygen atoms in total. The summed E-state index contributed by atoms with van der Waals surface area (Å²) in [7, 11) is 0. The summed E-state index contributed by atoms with van der Waals surface area (Å²) < 4.78 is 1.89. The van der Waals surface area contributed by atoms with E-state index >= 15 is 0 Å². The van der Waals surface area contributed by atoms with E-state index in [2.05, 4.69) is 31.3 Å². The predicted molar refractivity (Wildman–Crippen MR) is 62.1 cm³/mol. The molecule has 0 bridgehead atoms. The molecule has 0 fully saturated rings. The third-order valence-electron chi connectivity index (χ3n) is 2.01. The largest absolute Gasteiger partial charge is 0.492 e. The molecule has 16 heavy (non-hydrogen) atoms. The lowest BCUT2D eigenvalue weighted by Crippen LogP contribution is -2.24. The monoisotopic (exact) mass is 291 g/mol. The van der Waals surface area contributed by atoms with Crippen LogP contribution in [0.25, 0.3) is 0 Å². The second kappa shape index (κ2) is 5.90. The summed E-state index contributed by atoms with van der Waals surface area (Å²) in [6.45, 7) is 6.42.